The third kappa shape index (κ3) is 4.25. The lowest BCUT2D eigenvalue weighted by atomic mass is 9.92. The van der Waals surface area contributed by atoms with Crippen LogP contribution in [0.25, 0.3) is 0 Å². The molecule has 1 aliphatic rings. The van der Waals surface area contributed by atoms with E-state index in [0.717, 1.165) is 37.1 Å². The molecule has 1 saturated heterocycles. The summed E-state index contributed by atoms with van der Waals surface area (Å²) in [5.74, 6) is 0.885. The molecule has 1 heterocycles. The molecule has 1 fully saturated rings. The maximum absolute atomic E-state index is 12.9. The molecule has 4 heteroatoms. The minimum absolute atomic E-state index is 0.0634. The van der Waals surface area contributed by atoms with Gasteiger partial charge >= 0.3 is 0 Å². The van der Waals surface area contributed by atoms with Crippen molar-refractivity contribution < 1.29 is 14.3 Å². The normalized spacial score (nSPS) is 20.0. The highest BCUT2D eigenvalue weighted by molar-refractivity contribution is 5.94. The summed E-state index contributed by atoms with van der Waals surface area (Å²) in [7, 11) is 1.71. The molecular formula is C22H27NO3. The van der Waals surface area contributed by atoms with Crippen molar-refractivity contribution >= 4 is 5.91 Å². The highest BCUT2D eigenvalue weighted by Gasteiger charge is 2.38. The van der Waals surface area contributed by atoms with Crippen LogP contribution in [0.1, 0.15) is 35.7 Å². The van der Waals surface area contributed by atoms with Crippen LogP contribution in [-0.4, -0.2) is 43.2 Å². The monoisotopic (exact) mass is 353 g/mol. The summed E-state index contributed by atoms with van der Waals surface area (Å²) in [6, 6.07) is 17.6. The summed E-state index contributed by atoms with van der Waals surface area (Å²) < 4.78 is 11.8. The number of carbonyl (C=O) groups is 1. The van der Waals surface area contributed by atoms with Crippen molar-refractivity contribution in [3.8, 4) is 5.75 Å². The fourth-order valence-electron chi connectivity index (χ4n) is 3.41. The zero-order chi connectivity index (χ0) is 18.4. The smallest absolute Gasteiger partial charge is 0.253 e. The Morgan fingerprint density at radius 2 is 1.85 bits per heavy atom. The zero-order valence-corrected chi connectivity index (χ0v) is 15.6. The summed E-state index contributed by atoms with van der Waals surface area (Å²) >= 11 is 0. The second-order valence-electron chi connectivity index (χ2n) is 6.87. The average Bonchev–Trinajstić information content (AvgIpc) is 2.73. The van der Waals surface area contributed by atoms with Gasteiger partial charge in [0.2, 0.25) is 0 Å². The number of hydrogen-bond donors (Lipinski definition) is 0. The van der Waals surface area contributed by atoms with Gasteiger partial charge in [0.15, 0.2) is 0 Å². The number of hydrogen-bond acceptors (Lipinski definition) is 3. The van der Waals surface area contributed by atoms with Crippen LogP contribution in [0.5, 0.6) is 5.75 Å². The molecule has 4 nitrogen and oxygen atoms in total. The van der Waals surface area contributed by atoms with E-state index in [2.05, 4.69) is 6.92 Å². The molecule has 138 valence electrons. The van der Waals surface area contributed by atoms with Gasteiger partial charge in [-0.3, -0.25) is 4.79 Å². The Bertz CT molecular complexity index is 714. The minimum Gasteiger partial charge on any atom is -0.491 e. The summed E-state index contributed by atoms with van der Waals surface area (Å²) in [5.41, 5.74) is 1.51. The van der Waals surface area contributed by atoms with E-state index in [0.29, 0.717) is 13.2 Å². The SMILES string of the molecule is CCc1ccc(C(=O)N2CCCC(COc3ccccc3)(OC)C2)cc1. The maximum atomic E-state index is 12.9. The molecular weight excluding hydrogens is 326 g/mol. The first-order valence-corrected chi connectivity index (χ1v) is 9.27. The molecule has 1 amide bonds. The van der Waals surface area contributed by atoms with Gasteiger partial charge in [0, 0.05) is 19.2 Å². The number of methoxy groups -OCH3 is 1. The van der Waals surface area contributed by atoms with Crippen LogP contribution in [0, 0.1) is 0 Å². The molecule has 0 aromatic heterocycles. The van der Waals surface area contributed by atoms with Crippen LogP contribution in [0.3, 0.4) is 0 Å². The molecule has 1 unspecified atom stereocenters. The third-order valence-corrected chi connectivity index (χ3v) is 5.11. The van der Waals surface area contributed by atoms with E-state index in [9.17, 15) is 4.79 Å². The zero-order valence-electron chi connectivity index (χ0n) is 15.6. The molecule has 0 spiro atoms. The number of nitrogens with zero attached hydrogens (tertiary/aromatic N) is 1. The number of para-hydroxylation sites is 1. The maximum Gasteiger partial charge on any atom is 0.253 e. The fraction of sp³-hybridized carbons (Fsp3) is 0.409. The Labute approximate surface area is 155 Å². The summed E-state index contributed by atoms with van der Waals surface area (Å²) in [5, 5.41) is 0. The Morgan fingerprint density at radius 3 is 2.50 bits per heavy atom. The number of aryl methyl sites for hydroxylation is 1. The van der Waals surface area contributed by atoms with Gasteiger partial charge in [-0.05, 0) is 49.1 Å². The summed E-state index contributed by atoms with van der Waals surface area (Å²) in [6.45, 7) is 3.85. The van der Waals surface area contributed by atoms with Gasteiger partial charge in [-0.1, -0.05) is 37.3 Å². The molecule has 1 aliphatic heterocycles. The number of rotatable bonds is 6. The van der Waals surface area contributed by atoms with Crippen LogP contribution in [0.2, 0.25) is 0 Å². The summed E-state index contributed by atoms with van der Waals surface area (Å²) in [6.07, 6.45) is 2.77. The van der Waals surface area contributed by atoms with Crippen LogP contribution in [0.15, 0.2) is 54.6 Å². The Morgan fingerprint density at radius 1 is 1.12 bits per heavy atom. The lowest BCUT2D eigenvalue weighted by Gasteiger charge is -2.41. The van der Waals surface area contributed by atoms with E-state index in [1.165, 1.54) is 5.56 Å². The number of ether oxygens (including phenoxy) is 2. The van der Waals surface area contributed by atoms with E-state index in [4.69, 9.17) is 9.47 Å². The highest BCUT2D eigenvalue weighted by Crippen LogP contribution is 2.27. The lowest BCUT2D eigenvalue weighted by Crippen LogP contribution is -2.54. The van der Waals surface area contributed by atoms with Crippen LogP contribution in [-0.2, 0) is 11.2 Å². The first-order chi connectivity index (χ1) is 12.7. The highest BCUT2D eigenvalue weighted by atomic mass is 16.5. The van der Waals surface area contributed by atoms with Gasteiger partial charge in [0.25, 0.3) is 5.91 Å². The molecule has 0 saturated carbocycles. The average molecular weight is 353 g/mol. The predicted octanol–water partition coefficient (Wildman–Crippen LogP) is 3.95. The molecule has 1 atom stereocenters. The van der Waals surface area contributed by atoms with Crippen molar-refractivity contribution in [3.63, 3.8) is 0 Å². The van der Waals surface area contributed by atoms with E-state index < -0.39 is 5.60 Å². The Balaban J connectivity index is 1.68. The van der Waals surface area contributed by atoms with E-state index in [1.807, 2.05) is 59.5 Å². The van der Waals surface area contributed by atoms with Gasteiger partial charge in [0.05, 0.1) is 6.54 Å². The first kappa shape index (κ1) is 18.5. The molecule has 2 aromatic carbocycles. The molecule has 0 N–H and O–H groups in total. The molecule has 26 heavy (non-hydrogen) atoms. The summed E-state index contributed by atoms with van der Waals surface area (Å²) in [4.78, 5) is 14.8. The molecule has 3 rings (SSSR count). The van der Waals surface area contributed by atoms with Gasteiger partial charge in [0.1, 0.15) is 18.0 Å². The number of amides is 1. The van der Waals surface area contributed by atoms with Gasteiger partial charge in [-0.2, -0.15) is 0 Å². The largest absolute Gasteiger partial charge is 0.491 e. The fourth-order valence-corrected chi connectivity index (χ4v) is 3.41. The van der Waals surface area contributed by atoms with E-state index >= 15 is 0 Å². The van der Waals surface area contributed by atoms with Gasteiger partial charge in [-0.25, -0.2) is 0 Å². The van der Waals surface area contributed by atoms with Crippen molar-refractivity contribution in [2.45, 2.75) is 31.8 Å². The lowest BCUT2D eigenvalue weighted by molar-refractivity contribution is -0.0824. The van der Waals surface area contributed by atoms with Crippen LogP contribution in [0.4, 0.5) is 0 Å². The molecule has 0 bridgehead atoms. The topological polar surface area (TPSA) is 38.8 Å². The van der Waals surface area contributed by atoms with Gasteiger partial charge in [-0.15, -0.1) is 0 Å². The van der Waals surface area contributed by atoms with Crippen LogP contribution < -0.4 is 4.74 Å². The van der Waals surface area contributed by atoms with Crippen molar-refractivity contribution in [3.05, 3.63) is 65.7 Å². The van der Waals surface area contributed by atoms with Crippen molar-refractivity contribution in [2.75, 3.05) is 26.8 Å². The predicted molar refractivity (Wildman–Crippen MR) is 103 cm³/mol. The van der Waals surface area contributed by atoms with Gasteiger partial charge < -0.3 is 14.4 Å². The Hall–Kier alpha value is -2.33. The minimum atomic E-state index is -0.465. The number of carbonyl (C=O) groups excluding carboxylic acids is 1. The molecule has 0 radical (unpaired) electrons. The Kier molecular flexibility index (Phi) is 5.94. The van der Waals surface area contributed by atoms with E-state index in [-0.39, 0.29) is 5.91 Å². The number of piperidine rings is 1. The molecule has 2 aromatic rings. The second-order valence-corrected chi connectivity index (χ2v) is 6.87. The second kappa shape index (κ2) is 8.37. The van der Waals surface area contributed by atoms with E-state index in [1.54, 1.807) is 7.11 Å². The van der Waals surface area contributed by atoms with Crippen molar-refractivity contribution in [1.29, 1.82) is 0 Å². The molecule has 0 aliphatic carbocycles. The first-order valence-electron chi connectivity index (χ1n) is 9.27. The standard InChI is InChI=1S/C22H27NO3/c1-3-18-10-12-19(13-11-18)21(24)23-15-7-14-22(16-23,25-2)17-26-20-8-5-4-6-9-20/h4-6,8-13H,3,7,14-17H2,1-2H3. The number of likely N-dealkylation sites (tertiary alicyclic amines) is 1. The number of benzene rings is 2. The van der Waals surface area contributed by atoms with Crippen LogP contribution >= 0.6 is 0 Å². The third-order valence-electron chi connectivity index (χ3n) is 5.11. The van der Waals surface area contributed by atoms with Crippen molar-refractivity contribution in [2.24, 2.45) is 0 Å². The van der Waals surface area contributed by atoms with Crippen molar-refractivity contribution in [1.82, 2.24) is 4.90 Å². The quantitative estimate of drug-likeness (QED) is 0.789.